The molecule has 0 unspecified atom stereocenters. The average molecular weight is 790 g/mol. The third-order valence-electron chi connectivity index (χ3n) is 12.5. The van der Waals surface area contributed by atoms with Crippen LogP contribution in [0.3, 0.4) is 0 Å². The number of benzene rings is 11. The highest BCUT2D eigenvalue weighted by atomic mass is 16.3. The topological polar surface area (TPSA) is 16.4 Å². The van der Waals surface area contributed by atoms with Gasteiger partial charge in [-0.2, -0.15) is 0 Å². The van der Waals surface area contributed by atoms with E-state index in [1.54, 1.807) is 0 Å². The summed E-state index contributed by atoms with van der Waals surface area (Å²) >= 11 is 0. The molecule has 0 saturated carbocycles. The molecule has 290 valence electrons. The van der Waals surface area contributed by atoms with E-state index in [0.717, 1.165) is 61.1 Å². The Balaban J connectivity index is 1.08. The molecule has 0 aliphatic rings. The highest BCUT2D eigenvalue weighted by Crippen LogP contribution is 2.48. The Morgan fingerprint density at radius 3 is 1.29 bits per heavy atom. The third-order valence-corrected chi connectivity index (χ3v) is 12.5. The number of rotatable bonds is 7. The molecule has 62 heavy (non-hydrogen) atoms. The molecule has 2 heteroatoms. The third kappa shape index (κ3) is 5.96. The summed E-state index contributed by atoms with van der Waals surface area (Å²) in [6, 6.07) is 85.3. The van der Waals surface area contributed by atoms with Crippen molar-refractivity contribution in [2.45, 2.75) is 0 Å². The lowest BCUT2D eigenvalue weighted by molar-refractivity contribution is 0.674. The van der Waals surface area contributed by atoms with E-state index in [-0.39, 0.29) is 0 Å². The Bertz CT molecular complexity index is 3510. The lowest BCUT2D eigenvalue weighted by Gasteiger charge is -2.28. The molecule has 0 radical (unpaired) electrons. The second kappa shape index (κ2) is 14.8. The largest absolute Gasteiger partial charge is 0.455 e. The smallest absolute Gasteiger partial charge is 0.143 e. The van der Waals surface area contributed by atoms with Crippen molar-refractivity contribution < 1.29 is 4.42 Å². The summed E-state index contributed by atoms with van der Waals surface area (Å²) in [5, 5.41) is 9.37. The molecule has 12 aromatic rings. The zero-order chi connectivity index (χ0) is 41.0. The van der Waals surface area contributed by atoms with Gasteiger partial charge in [-0.05, 0) is 103 Å². The van der Waals surface area contributed by atoms with Gasteiger partial charge in [-0.3, -0.25) is 0 Å². The molecular formula is C60H39NO. The molecule has 0 atom stereocenters. The number of furan rings is 1. The van der Waals surface area contributed by atoms with Crippen LogP contribution in [0.15, 0.2) is 241 Å². The molecule has 11 aromatic carbocycles. The van der Waals surface area contributed by atoms with Crippen LogP contribution < -0.4 is 4.90 Å². The second-order valence-corrected chi connectivity index (χ2v) is 16.0. The van der Waals surface area contributed by atoms with E-state index in [1.165, 1.54) is 54.7 Å². The Labute approximate surface area is 360 Å². The van der Waals surface area contributed by atoms with Gasteiger partial charge in [0.05, 0.1) is 5.69 Å². The van der Waals surface area contributed by atoms with Crippen molar-refractivity contribution in [1.82, 2.24) is 0 Å². The van der Waals surface area contributed by atoms with E-state index in [0.29, 0.717) is 0 Å². The Morgan fingerprint density at radius 1 is 0.258 bits per heavy atom. The minimum Gasteiger partial charge on any atom is -0.455 e. The van der Waals surface area contributed by atoms with Gasteiger partial charge in [-0.1, -0.05) is 194 Å². The van der Waals surface area contributed by atoms with E-state index in [2.05, 4.69) is 241 Å². The van der Waals surface area contributed by atoms with E-state index in [1.807, 2.05) is 0 Å². The Kier molecular flexibility index (Phi) is 8.53. The number of anilines is 3. The SMILES string of the molecule is c1ccc(-c2ccc(N(c3ccc(-c4ccccc4)cc3)c3ccc(-c4cc(-c5ccccc5)c5oc6c7ccccc7c7ccccc7c6c5c4)c4ccccc34)cc2)cc1. The van der Waals surface area contributed by atoms with Gasteiger partial charge in [0, 0.05) is 38.5 Å². The first-order valence-electron chi connectivity index (χ1n) is 21.3. The first-order chi connectivity index (χ1) is 30.8. The summed E-state index contributed by atoms with van der Waals surface area (Å²) in [6.45, 7) is 0. The minimum absolute atomic E-state index is 0.904. The van der Waals surface area contributed by atoms with Crippen molar-refractivity contribution in [3.63, 3.8) is 0 Å². The van der Waals surface area contributed by atoms with Crippen molar-refractivity contribution in [1.29, 1.82) is 0 Å². The van der Waals surface area contributed by atoms with E-state index in [9.17, 15) is 0 Å². The molecule has 1 aromatic heterocycles. The van der Waals surface area contributed by atoms with Crippen LogP contribution in [0.25, 0.3) is 98.8 Å². The minimum atomic E-state index is 0.904. The van der Waals surface area contributed by atoms with Crippen molar-refractivity contribution >= 4 is 71.3 Å². The van der Waals surface area contributed by atoms with Crippen LogP contribution in [-0.4, -0.2) is 0 Å². The summed E-state index contributed by atoms with van der Waals surface area (Å²) in [5.41, 5.74) is 14.4. The van der Waals surface area contributed by atoms with E-state index < -0.39 is 0 Å². The van der Waals surface area contributed by atoms with Gasteiger partial charge in [-0.25, -0.2) is 0 Å². The summed E-state index contributed by atoms with van der Waals surface area (Å²) in [4.78, 5) is 2.40. The molecule has 2 nitrogen and oxygen atoms in total. The molecule has 0 bridgehead atoms. The first kappa shape index (κ1) is 35.7. The maximum Gasteiger partial charge on any atom is 0.143 e. The lowest BCUT2D eigenvalue weighted by atomic mass is 9.91. The van der Waals surface area contributed by atoms with Crippen LogP contribution in [-0.2, 0) is 0 Å². The van der Waals surface area contributed by atoms with Crippen LogP contribution in [0.4, 0.5) is 17.1 Å². The van der Waals surface area contributed by atoms with Crippen molar-refractivity contribution in [2.24, 2.45) is 0 Å². The molecule has 0 saturated heterocycles. The van der Waals surface area contributed by atoms with E-state index in [4.69, 9.17) is 4.42 Å². The standard InChI is InChI=1S/C60H39NO/c1-4-16-40(17-5-1)42-28-32-46(33-29-42)61(47-34-30-43(31-35-47)41-18-6-2-7-19-41)57-37-36-48(49-22-10-13-25-52(49)57)45-38-55(44-20-8-3-9-21-44)59-56(39-45)58-53-26-14-11-23-50(53)51-24-12-15-27-54(51)60(58)62-59/h1-39H. The maximum atomic E-state index is 7.05. The van der Waals surface area contributed by atoms with Crippen LogP contribution >= 0.6 is 0 Å². The summed E-state index contributed by atoms with van der Waals surface area (Å²) in [5.74, 6) is 0. The predicted octanol–water partition coefficient (Wildman–Crippen LogP) is 17.2. The molecule has 0 fully saturated rings. The van der Waals surface area contributed by atoms with Crippen molar-refractivity contribution in [3.05, 3.63) is 237 Å². The summed E-state index contributed by atoms with van der Waals surface area (Å²) < 4.78 is 7.05. The van der Waals surface area contributed by atoms with Crippen LogP contribution in [0, 0.1) is 0 Å². The number of hydrogen-bond acceptors (Lipinski definition) is 2. The summed E-state index contributed by atoms with van der Waals surface area (Å²) in [7, 11) is 0. The maximum absolute atomic E-state index is 7.05. The van der Waals surface area contributed by atoms with Crippen LogP contribution in [0.5, 0.6) is 0 Å². The molecule has 0 aliphatic carbocycles. The number of fused-ring (bicyclic) bond motifs is 9. The van der Waals surface area contributed by atoms with Gasteiger partial charge in [0.25, 0.3) is 0 Å². The fourth-order valence-corrected chi connectivity index (χ4v) is 9.52. The average Bonchev–Trinajstić information content (AvgIpc) is 3.75. The Morgan fingerprint density at radius 2 is 0.710 bits per heavy atom. The number of nitrogens with zero attached hydrogens (tertiary/aromatic N) is 1. The van der Waals surface area contributed by atoms with Gasteiger partial charge in [0.1, 0.15) is 11.2 Å². The molecule has 12 rings (SSSR count). The molecular weight excluding hydrogens is 751 g/mol. The molecule has 1 heterocycles. The molecule has 0 aliphatic heterocycles. The molecule has 0 spiro atoms. The fraction of sp³-hybridized carbons (Fsp3) is 0. The quantitative estimate of drug-likeness (QED) is 0.150. The monoisotopic (exact) mass is 789 g/mol. The van der Waals surface area contributed by atoms with Gasteiger partial charge in [-0.15, -0.1) is 0 Å². The molecule has 0 amide bonds. The highest BCUT2D eigenvalue weighted by Gasteiger charge is 2.22. The van der Waals surface area contributed by atoms with Crippen LogP contribution in [0.2, 0.25) is 0 Å². The summed E-state index contributed by atoms with van der Waals surface area (Å²) in [6.07, 6.45) is 0. The van der Waals surface area contributed by atoms with Crippen LogP contribution in [0.1, 0.15) is 0 Å². The van der Waals surface area contributed by atoms with Gasteiger partial charge in [0.2, 0.25) is 0 Å². The number of hydrogen-bond donors (Lipinski definition) is 0. The van der Waals surface area contributed by atoms with Crippen molar-refractivity contribution in [3.8, 4) is 44.5 Å². The normalized spacial score (nSPS) is 11.5. The van der Waals surface area contributed by atoms with Gasteiger partial charge in [0.15, 0.2) is 0 Å². The lowest BCUT2D eigenvalue weighted by Crippen LogP contribution is -2.10. The second-order valence-electron chi connectivity index (χ2n) is 16.0. The fourth-order valence-electron chi connectivity index (χ4n) is 9.52. The Hall–Kier alpha value is -8.20. The van der Waals surface area contributed by atoms with Gasteiger partial charge >= 0.3 is 0 Å². The molecule has 0 N–H and O–H groups in total. The first-order valence-corrected chi connectivity index (χ1v) is 21.3. The van der Waals surface area contributed by atoms with Crippen molar-refractivity contribution in [2.75, 3.05) is 4.90 Å². The predicted molar refractivity (Wildman–Crippen MR) is 263 cm³/mol. The highest BCUT2D eigenvalue weighted by molar-refractivity contribution is 6.31. The zero-order valence-corrected chi connectivity index (χ0v) is 33.9. The zero-order valence-electron chi connectivity index (χ0n) is 33.9. The van der Waals surface area contributed by atoms with Gasteiger partial charge < -0.3 is 9.32 Å². The van der Waals surface area contributed by atoms with E-state index >= 15 is 0 Å².